The highest BCUT2D eigenvalue weighted by Gasteiger charge is 2.48. The fourth-order valence-corrected chi connectivity index (χ4v) is 5.25. The number of carboxylic acids is 1. The highest BCUT2D eigenvalue weighted by Crippen LogP contribution is 2.37. The summed E-state index contributed by atoms with van der Waals surface area (Å²) in [7, 11) is 0. The third-order valence-corrected chi connectivity index (χ3v) is 7.22. The van der Waals surface area contributed by atoms with Crippen LogP contribution >= 0.6 is 0 Å². The molecule has 0 radical (unpaired) electrons. The number of benzene rings is 2. The Bertz CT molecular complexity index is 1220. The Morgan fingerprint density at radius 2 is 1.56 bits per heavy atom. The molecule has 2 atom stereocenters. The molecule has 0 amide bonds. The van der Waals surface area contributed by atoms with Crippen molar-refractivity contribution in [2.24, 2.45) is 5.92 Å². The number of aromatic nitrogens is 1. The number of anilines is 1. The van der Waals surface area contributed by atoms with Gasteiger partial charge in [0.15, 0.2) is 12.1 Å². The summed E-state index contributed by atoms with van der Waals surface area (Å²) < 4.78 is 38.8. The molecule has 3 aliphatic rings. The molecule has 7 nitrogen and oxygen atoms in total. The molecule has 0 aliphatic carbocycles. The van der Waals surface area contributed by atoms with Gasteiger partial charge in [0.25, 0.3) is 0 Å². The fraction of sp³-hybridized carbons (Fsp3) is 0.345. The lowest BCUT2D eigenvalue weighted by molar-refractivity contribution is -0.958. The standard InChI is InChI=1S/C27H30N3O2.C2HF3O2/c31-27(26(22-9-3-1-4-10-22)29-23-11-5-2-6-12-23)32-25-20-30(17-14-21(25)15-18-30)19-24-13-7-8-16-28-24;3-2(4,5)1(6)7/h1-13,16,21,25-26,29H,14-15,17-20H2;(H,6,7)/q+1;/p-1/t21?,25-,26?,30?;/m0./s1. The molecule has 206 valence electrons. The van der Waals surface area contributed by atoms with Crippen molar-refractivity contribution in [1.29, 1.82) is 0 Å². The van der Waals surface area contributed by atoms with Gasteiger partial charge in [0.1, 0.15) is 19.1 Å². The first-order chi connectivity index (χ1) is 18.7. The number of nitrogens with zero attached hydrogens (tertiary/aromatic N) is 2. The number of alkyl halides is 3. The second-order valence-electron chi connectivity index (χ2n) is 9.90. The van der Waals surface area contributed by atoms with Crippen LogP contribution in [0.2, 0.25) is 0 Å². The van der Waals surface area contributed by atoms with Gasteiger partial charge in [-0.2, -0.15) is 13.2 Å². The highest BCUT2D eigenvalue weighted by atomic mass is 19.4. The monoisotopic (exact) mass is 541 g/mol. The number of carboxylic acid groups (broad SMARTS) is 1. The number of quaternary nitrogens is 1. The number of aliphatic carboxylic acids is 1. The van der Waals surface area contributed by atoms with Crippen molar-refractivity contribution >= 4 is 17.6 Å². The summed E-state index contributed by atoms with van der Waals surface area (Å²) in [5.41, 5.74) is 2.94. The third-order valence-electron chi connectivity index (χ3n) is 7.22. The van der Waals surface area contributed by atoms with Crippen LogP contribution in [-0.2, 0) is 20.9 Å². The molecule has 1 aromatic heterocycles. The third kappa shape index (κ3) is 7.57. The highest BCUT2D eigenvalue weighted by molar-refractivity contribution is 5.81. The number of fused-ring (bicyclic) bond motifs is 3. The second kappa shape index (κ2) is 12.3. The summed E-state index contributed by atoms with van der Waals surface area (Å²) in [6.45, 7) is 4.06. The Hall–Kier alpha value is -3.92. The van der Waals surface area contributed by atoms with Crippen molar-refractivity contribution in [3.8, 4) is 0 Å². The molecule has 6 rings (SSSR count). The fourth-order valence-electron chi connectivity index (χ4n) is 5.25. The number of hydrogen-bond donors (Lipinski definition) is 1. The van der Waals surface area contributed by atoms with Crippen LogP contribution < -0.4 is 10.4 Å². The number of nitrogens with one attached hydrogen (secondary N) is 1. The Morgan fingerprint density at radius 1 is 0.974 bits per heavy atom. The van der Waals surface area contributed by atoms with E-state index in [1.165, 1.54) is 0 Å². The van der Waals surface area contributed by atoms with E-state index in [1.807, 2.05) is 72.9 Å². The summed E-state index contributed by atoms with van der Waals surface area (Å²) in [6, 6.07) is 25.3. The SMILES string of the molecule is O=C(O[C@H]1C[N+]2(Cc3ccccn3)CCC1CC2)C(Nc1ccccc1)c1ccccc1.O=C([O-])C(F)(F)F. The van der Waals surface area contributed by atoms with Crippen molar-refractivity contribution in [3.63, 3.8) is 0 Å². The summed E-state index contributed by atoms with van der Waals surface area (Å²) in [6.07, 6.45) is -1.17. The van der Waals surface area contributed by atoms with Crippen molar-refractivity contribution in [1.82, 2.24) is 4.98 Å². The van der Waals surface area contributed by atoms with Gasteiger partial charge in [0.05, 0.1) is 18.8 Å². The van der Waals surface area contributed by atoms with Crippen molar-refractivity contribution in [2.75, 3.05) is 25.0 Å². The maximum atomic E-state index is 13.5. The number of hydrogen-bond acceptors (Lipinski definition) is 6. The number of halogens is 3. The Kier molecular flexibility index (Phi) is 8.86. The number of piperidine rings is 3. The van der Waals surface area contributed by atoms with Crippen LogP contribution in [0.1, 0.15) is 30.1 Å². The van der Waals surface area contributed by atoms with Crippen LogP contribution in [-0.4, -0.2) is 53.3 Å². The molecule has 4 heterocycles. The molecule has 3 aromatic rings. The van der Waals surface area contributed by atoms with E-state index < -0.39 is 18.2 Å². The van der Waals surface area contributed by atoms with Crippen molar-refractivity contribution in [3.05, 3.63) is 96.3 Å². The topological polar surface area (TPSA) is 91.3 Å². The van der Waals surface area contributed by atoms with E-state index in [0.717, 1.165) is 60.4 Å². The second-order valence-corrected chi connectivity index (χ2v) is 9.90. The van der Waals surface area contributed by atoms with Gasteiger partial charge < -0.3 is 24.4 Å². The largest absolute Gasteiger partial charge is 0.542 e. The minimum atomic E-state index is -5.19. The molecule has 1 N–H and O–H groups in total. The number of carbonyl (C=O) groups excluding carboxylic acids is 2. The number of carbonyl (C=O) groups is 2. The predicted molar refractivity (Wildman–Crippen MR) is 136 cm³/mol. The smallest absolute Gasteiger partial charge is 0.430 e. The van der Waals surface area contributed by atoms with Gasteiger partial charge in [-0.3, -0.25) is 4.98 Å². The molecular weight excluding hydrogens is 511 g/mol. The maximum Gasteiger partial charge on any atom is 0.430 e. The first-order valence-corrected chi connectivity index (χ1v) is 12.8. The van der Waals surface area contributed by atoms with Crippen molar-refractivity contribution < 1.29 is 37.1 Å². The number of esters is 1. The lowest BCUT2D eigenvalue weighted by atomic mass is 9.83. The van der Waals surface area contributed by atoms with Gasteiger partial charge in [-0.25, -0.2) is 4.79 Å². The molecule has 10 heteroatoms. The summed E-state index contributed by atoms with van der Waals surface area (Å²) in [4.78, 5) is 26.8. The van der Waals surface area contributed by atoms with Gasteiger partial charge in [-0.1, -0.05) is 54.6 Å². The number of ether oxygens (including phenoxy) is 1. The number of pyridine rings is 1. The molecule has 0 spiro atoms. The normalized spacial score (nSPS) is 22.6. The minimum absolute atomic E-state index is 0.0440. The summed E-state index contributed by atoms with van der Waals surface area (Å²) in [5.74, 6) is -2.75. The van der Waals surface area contributed by atoms with E-state index in [9.17, 15) is 18.0 Å². The lowest BCUT2D eigenvalue weighted by Crippen LogP contribution is -2.64. The van der Waals surface area contributed by atoms with Gasteiger partial charge in [-0.15, -0.1) is 0 Å². The molecule has 3 fully saturated rings. The summed E-state index contributed by atoms with van der Waals surface area (Å²) in [5, 5.41) is 12.2. The van der Waals surface area contributed by atoms with Crippen LogP contribution in [0, 0.1) is 5.92 Å². The van der Waals surface area contributed by atoms with Crippen LogP contribution in [0.25, 0.3) is 0 Å². The van der Waals surface area contributed by atoms with E-state index in [-0.39, 0.29) is 12.1 Å². The van der Waals surface area contributed by atoms with E-state index in [1.54, 1.807) is 0 Å². The van der Waals surface area contributed by atoms with Crippen LogP contribution in [0.5, 0.6) is 0 Å². The molecule has 39 heavy (non-hydrogen) atoms. The molecule has 1 unspecified atom stereocenters. The molecule has 0 saturated carbocycles. The predicted octanol–water partition coefficient (Wildman–Crippen LogP) is 3.89. The van der Waals surface area contributed by atoms with Gasteiger partial charge in [-0.05, 0) is 29.8 Å². The maximum absolute atomic E-state index is 13.5. The van der Waals surface area contributed by atoms with E-state index >= 15 is 0 Å². The zero-order valence-electron chi connectivity index (χ0n) is 21.2. The van der Waals surface area contributed by atoms with E-state index in [0.29, 0.717) is 5.92 Å². The minimum Gasteiger partial charge on any atom is -0.542 e. The lowest BCUT2D eigenvalue weighted by Gasteiger charge is -2.52. The van der Waals surface area contributed by atoms with Crippen LogP contribution in [0.3, 0.4) is 0 Å². The quantitative estimate of drug-likeness (QED) is 0.361. The zero-order chi connectivity index (χ0) is 27.9. The molecule has 3 aliphatic heterocycles. The van der Waals surface area contributed by atoms with Gasteiger partial charge in [0, 0.05) is 30.6 Å². The molecule has 3 saturated heterocycles. The number of para-hydroxylation sites is 1. The van der Waals surface area contributed by atoms with Gasteiger partial charge in [0.2, 0.25) is 0 Å². The van der Waals surface area contributed by atoms with Crippen LogP contribution in [0.15, 0.2) is 85.1 Å². The Labute approximate surface area is 224 Å². The molecule has 2 aromatic carbocycles. The molecular formula is C29H30F3N3O4. The Morgan fingerprint density at radius 3 is 2.13 bits per heavy atom. The molecule has 2 bridgehead atoms. The van der Waals surface area contributed by atoms with E-state index in [4.69, 9.17) is 14.6 Å². The Balaban J connectivity index is 0.000000448. The van der Waals surface area contributed by atoms with E-state index in [2.05, 4.69) is 22.4 Å². The van der Waals surface area contributed by atoms with Crippen molar-refractivity contribution in [2.45, 2.75) is 37.7 Å². The average molecular weight is 542 g/mol. The number of rotatable bonds is 7. The zero-order valence-corrected chi connectivity index (χ0v) is 21.2. The summed E-state index contributed by atoms with van der Waals surface area (Å²) >= 11 is 0. The first-order valence-electron chi connectivity index (χ1n) is 12.8. The average Bonchev–Trinajstić information content (AvgIpc) is 2.93. The first kappa shape index (κ1) is 28.1. The van der Waals surface area contributed by atoms with Gasteiger partial charge >= 0.3 is 12.1 Å². The van der Waals surface area contributed by atoms with Crippen LogP contribution in [0.4, 0.5) is 18.9 Å².